The molecule has 3 aromatic rings. The van der Waals surface area contributed by atoms with Crippen molar-refractivity contribution in [3.05, 3.63) is 99.1 Å². The van der Waals surface area contributed by atoms with Crippen molar-refractivity contribution in [1.82, 2.24) is 0 Å². The van der Waals surface area contributed by atoms with Gasteiger partial charge in [0.25, 0.3) is 11.6 Å². The lowest BCUT2D eigenvalue weighted by Crippen LogP contribution is -2.16. The Hall–Kier alpha value is -3.91. The van der Waals surface area contributed by atoms with E-state index in [0.29, 0.717) is 16.5 Å². The summed E-state index contributed by atoms with van der Waals surface area (Å²) >= 11 is 5.79. The van der Waals surface area contributed by atoms with Gasteiger partial charge in [-0.1, -0.05) is 16.8 Å². The Labute approximate surface area is 183 Å². The highest BCUT2D eigenvalue weighted by atomic mass is 35.5. The molecule has 3 aromatic carbocycles. The van der Waals surface area contributed by atoms with Gasteiger partial charge < -0.3 is 14.9 Å². The number of rotatable bonds is 9. The number of benzene rings is 3. The summed E-state index contributed by atoms with van der Waals surface area (Å²) in [6, 6.07) is 20.0. The van der Waals surface area contributed by atoms with Crippen molar-refractivity contribution in [3.63, 3.8) is 0 Å². The molecule has 1 amide bonds. The van der Waals surface area contributed by atoms with Gasteiger partial charge in [-0.2, -0.15) is 0 Å². The molecule has 0 spiro atoms. The molecule has 158 valence electrons. The standard InChI is InChI=1S/C22H18ClN3O5/c23-18-5-7-19(8-6-18)25-22(27)15-31-24-13-16-3-11-21(12-4-16)30-14-17-1-9-20(10-2-17)26(28)29/h1-13H,14-15H2,(H,25,27)/b24-13+. The second-order valence-electron chi connectivity index (χ2n) is 6.34. The fraction of sp³-hybridized carbons (Fsp3) is 0.0909. The summed E-state index contributed by atoms with van der Waals surface area (Å²) in [5.74, 6) is 0.299. The maximum atomic E-state index is 11.8. The molecule has 0 heterocycles. The van der Waals surface area contributed by atoms with Gasteiger partial charge in [0, 0.05) is 22.8 Å². The number of carbonyl (C=O) groups excluding carboxylic acids is 1. The van der Waals surface area contributed by atoms with Crippen molar-refractivity contribution in [2.75, 3.05) is 11.9 Å². The Morgan fingerprint density at radius 2 is 1.71 bits per heavy atom. The minimum Gasteiger partial charge on any atom is -0.489 e. The number of non-ortho nitro benzene ring substituents is 1. The smallest absolute Gasteiger partial charge is 0.269 e. The molecule has 0 fully saturated rings. The topological polar surface area (TPSA) is 103 Å². The fourth-order valence-corrected chi connectivity index (χ4v) is 2.58. The molecule has 8 nitrogen and oxygen atoms in total. The van der Waals surface area contributed by atoms with Crippen LogP contribution < -0.4 is 10.1 Å². The maximum absolute atomic E-state index is 11.8. The summed E-state index contributed by atoms with van der Waals surface area (Å²) in [5.41, 5.74) is 2.24. The van der Waals surface area contributed by atoms with Gasteiger partial charge in [-0.05, 0) is 71.8 Å². The highest BCUT2D eigenvalue weighted by Gasteiger charge is 2.05. The number of hydrogen-bond donors (Lipinski definition) is 1. The summed E-state index contributed by atoms with van der Waals surface area (Å²) in [4.78, 5) is 27.0. The molecule has 3 rings (SSSR count). The normalized spacial score (nSPS) is 10.6. The Morgan fingerprint density at radius 3 is 2.35 bits per heavy atom. The van der Waals surface area contributed by atoms with Gasteiger partial charge in [0.2, 0.25) is 0 Å². The predicted octanol–water partition coefficient (Wildman–Crippen LogP) is 4.82. The second kappa shape index (κ2) is 10.7. The third-order valence-electron chi connectivity index (χ3n) is 4.03. The highest BCUT2D eigenvalue weighted by Crippen LogP contribution is 2.16. The number of oxime groups is 1. The average molecular weight is 440 g/mol. The summed E-state index contributed by atoms with van der Waals surface area (Å²) in [7, 11) is 0. The van der Waals surface area contributed by atoms with Gasteiger partial charge in [-0.15, -0.1) is 0 Å². The Morgan fingerprint density at radius 1 is 1.03 bits per heavy atom. The Balaban J connectivity index is 1.41. The number of ether oxygens (including phenoxy) is 1. The molecule has 0 saturated carbocycles. The molecular formula is C22H18ClN3O5. The van der Waals surface area contributed by atoms with E-state index in [2.05, 4.69) is 10.5 Å². The summed E-state index contributed by atoms with van der Waals surface area (Å²) in [6.45, 7) is 0.0623. The van der Waals surface area contributed by atoms with E-state index in [0.717, 1.165) is 11.1 Å². The lowest BCUT2D eigenvalue weighted by Gasteiger charge is -2.06. The first-order valence-electron chi connectivity index (χ1n) is 9.16. The molecule has 0 aliphatic heterocycles. The van der Waals surface area contributed by atoms with Crippen LogP contribution in [-0.2, 0) is 16.2 Å². The highest BCUT2D eigenvalue weighted by molar-refractivity contribution is 6.30. The lowest BCUT2D eigenvalue weighted by molar-refractivity contribution is -0.384. The third kappa shape index (κ3) is 7.13. The van der Waals surface area contributed by atoms with Crippen molar-refractivity contribution >= 4 is 35.1 Å². The molecule has 1 N–H and O–H groups in total. The Kier molecular flexibility index (Phi) is 7.56. The van der Waals surface area contributed by atoms with E-state index in [-0.39, 0.29) is 24.8 Å². The van der Waals surface area contributed by atoms with E-state index < -0.39 is 4.92 Å². The van der Waals surface area contributed by atoms with Crippen LogP contribution in [0.3, 0.4) is 0 Å². The number of halogens is 1. The van der Waals surface area contributed by atoms with Crippen molar-refractivity contribution in [1.29, 1.82) is 0 Å². The van der Waals surface area contributed by atoms with Crippen molar-refractivity contribution < 1.29 is 19.3 Å². The van der Waals surface area contributed by atoms with Crippen LogP contribution in [0.2, 0.25) is 5.02 Å². The van der Waals surface area contributed by atoms with Gasteiger partial charge in [-0.25, -0.2) is 0 Å². The van der Waals surface area contributed by atoms with E-state index in [1.807, 2.05) is 0 Å². The lowest BCUT2D eigenvalue weighted by atomic mass is 10.2. The summed E-state index contributed by atoms with van der Waals surface area (Å²) < 4.78 is 5.66. The molecule has 9 heteroatoms. The largest absolute Gasteiger partial charge is 0.489 e. The summed E-state index contributed by atoms with van der Waals surface area (Å²) in [6.07, 6.45) is 1.48. The van der Waals surface area contributed by atoms with Gasteiger partial charge in [0.15, 0.2) is 6.61 Å². The molecule has 0 aliphatic carbocycles. The van der Waals surface area contributed by atoms with Gasteiger partial charge in [0.1, 0.15) is 12.4 Å². The number of nitro groups is 1. The van der Waals surface area contributed by atoms with Crippen LogP contribution in [0.25, 0.3) is 0 Å². The molecule has 0 aliphatic rings. The van der Waals surface area contributed by atoms with Crippen molar-refractivity contribution in [2.24, 2.45) is 5.16 Å². The quantitative estimate of drug-likeness (QED) is 0.292. The minimum atomic E-state index is -0.444. The maximum Gasteiger partial charge on any atom is 0.269 e. The average Bonchev–Trinajstić information content (AvgIpc) is 2.78. The molecule has 31 heavy (non-hydrogen) atoms. The van der Waals surface area contributed by atoms with Crippen LogP contribution >= 0.6 is 11.6 Å². The SMILES string of the molecule is O=C(CO/N=C/c1ccc(OCc2ccc([N+](=O)[O-])cc2)cc1)Nc1ccc(Cl)cc1. The zero-order chi connectivity index (χ0) is 22.1. The number of carbonyl (C=O) groups is 1. The van der Waals surface area contributed by atoms with E-state index in [1.54, 1.807) is 60.7 Å². The van der Waals surface area contributed by atoms with Crippen LogP contribution in [0.1, 0.15) is 11.1 Å². The first kappa shape index (κ1) is 21.8. The van der Waals surface area contributed by atoms with Crippen LogP contribution in [0.5, 0.6) is 5.75 Å². The van der Waals surface area contributed by atoms with E-state index in [1.165, 1.54) is 18.3 Å². The number of anilines is 1. The van der Waals surface area contributed by atoms with Gasteiger partial charge in [0.05, 0.1) is 11.1 Å². The number of nitrogens with zero attached hydrogens (tertiary/aromatic N) is 2. The van der Waals surface area contributed by atoms with Crippen LogP contribution in [0.4, 0.5) is 11.4 Å². The van der Waals surface area contributed by atoms with Crippen LogP contribution in [-0.4, -0.2) is 23.7 Å². The van der Waals surface area contributed by atoms with E-state index >= 15 is 0 Å². The molecular weight excluding hydrogens is 422 g/mol. The van der Waals surface area contributed by atoms with Crippen LogP contribution in [0.15, 0.2) is 78.0 Å². The zero-order valence-corrected chi connectivity index (χ0v) is 17.0. The number of nitrogens with one attached hydrogen (secondary N) is 1. The van der Waals surface area contributed by atoms with Crippen molar-refractivity contribution in [3.8, 4) is 5.75 Å². The molecule has 0 bridgehead atoms. The molecule has 0 atom stereocenters. The number of amides is 1. The fourth-order valence-electron chi connectivity index (χ4n) is 2.45. The monoisotopic (exact) mass is 439 g/mol. The molecule has 0 aromatic heterocycles. The summed E-state index contributed by atoms with van der Waals surface area (Å²) in [5, 5.41) is 17.7. The molecule has 0 unspecified atom stereocenters. The van der Waals surface area contributed by atoms with E-state index in [9.17, 15) is 14.9 Å². The first-order chi connectivity index (χ1) is 15.0. The predicted molar refractivity (Wildman–Crippen MR) is 117 cm³/mol. The van der Waals surface area contributed by atoms with E-state index in [4.69, 9.17) is 21.2 Å². The minimum absolute atomic E-state index is 0.0390. The third-order valence-corrected chi connectivity index (χ3v) is 4.28. The van der Waals surface area contributed by atoms with Gasteiger partial charge >= 0.3 is 0 Å². The Bertz CT molecular complexity index is 1050. The van der Waals surface area contributed by atoms with Crippen molar-refractivity contribution in [2.45, 2.75) is 6.61 Å². The number of hydrogen-bond acceptors (Lipinski definition) is 6. The second-order valence-corrected chi connectivity index (χ2v) is 6.78. The molecule has 0 saturated heterocycles. The van der Waals surface area contributed by atoms with Crippen LogP contribution in [0, 0.1) is 10.1 Å². The zero-order valence-electron chi connectivity index (χ0n) is 16.2. The first-order valence-corrected chi connectivity index (χ1v) is 9.54. The number of nitro benzene ring substituents is 1. The van der Waals surface area contributed by atoms with Gasteiger partial charge in [-0.3, -0.25) is 14.9 Å². The molecule has 0 radical (unpaired) electrons.